The highest BCUT2D eigenvalue weighted by Gasteiger charge is 2.31. The van der Waals surface area contributed by atoms with Crippen molar-refractivity contribution in [3.8, 4) is 5.75 Å². The van der Waals surface area contributed by atoms with Gasteiger partial charge in [0.2, 0.25) is 0 Å². The molecule has 1 saturated carbocycles. The van der Waals surface area contributed by atoms with Crippen molar-refractivity contribution in [2.45, 2.75) is 51.7 Å². The molecule has 0 aromatic heterocycles. The Labute approximate surface area is 147 Å². The van der Waals surface area contributed by atoms with Crippen molar-refractivity contribution < 1.29 is 23.9 Å². The molecule has 1 amide bonds. The first kappa shape index (κ1) is 19.0. The Hall–Kier alpha value is -2.37. The molecule has 0 saturated heterocycles. The van der Waals surface area contributed by atoms with E-state index < -0.39 is 18.1 Å². The molecular formula is C19H25NO5. The molecular weight excluding hydrogens is 322 g/mol. The van der Waals surface area contributed by atoms with Crippen molar-refractivity contribution in [2.24, 2.45) is 5.92 Å². The third-order valence-electron chi connectivity index (χ3n) is 4.32. The largest absolute Gasteiger partial charge is 0.497 e. The van der Waals surface area contributed by atoms with Crippen LogP contribution in [0.5, 0.6) is 5.75 Å². The lowest BCUT2D eigenvalue weighted by Gasteiger charge is -2.26. The third-order valence-corrected chi connectivity index (χ3v) is 4.32. The number of ketones is 1. The monoisotopic (exact) mass is 347 g/mol. The highest BCUT2D eigenvalue weighted by atomic mass is 16.5. The summed E-state index contributed by atoms with van der Waals surface area (Å²) >= 11 is 0. The molecule has 6 nitrogen and oxygen atoms in total. The van der Waals surface area contributed by atoms with E-state index in [-0.39, 0.29) is 17.6 Å². The molecule has 0 aliphatic heterocycles. The number of benzene rings is 1. The second-order valence-electron chi connectivity index (χ2n) is 6.56. The highest BCUT2D eigenvalue weighted by Crippen LogP contribution is 2.19. The van der Waals surface area contributed by atoms with Crippen LogP contribution in [0.1, 0.15) is 49.9 Å². The molecule has 1 aliphatic rings. The minimum Gasteiger partial charge on any atom is -0.497 e. The number of nitrogens with one attached hydrogen (secondary N) is 1. The Morgan fingerprint density at radius 3 is 2.40 bits per heavy atom. The lowest BCUT2D eigenvalue weighted by Crippen LogP contribution is -2.47. The van der Waals surface area contributed by atoms with E-state index in [0.717, 1.165) is 12.8 Å². The van der Waals surface area contributed by atoms with Gasteiger partial charge in [-0.3, -0.25) is 9.59 Å². The zero-order valence-electron chi connectivity index (χ0n) is 14.9. The predicted molar refractivity (Wildman–Crippen MR) is 92.4 cm³/mol. The van der Waals surface area contributed by atoms with Crippen LogP contribution in [-0.4, -0.2) is 36.9 Å². The Morgan fingerprint density at radius 2 is 1.84 bits per heavy atom. The molecule has 1 aliphatic carbocycles. The van der Waals surface area contributed by atoms with Gasteiger partial charge in [0, 0.05) is 12.0 Å². The quantitative estimate of drug-likeness (QED) is 0.800. The minimum absolute atomic E-state index is 0.0383. The number of Topliss-reactive ketones (excluding diaryl/α,β-unsaturated/α-hetero) is 1. The summed E-state index contributed by atoms with van der Waals surface area (Å²) in [6.07, 6.45) is 2.04. The number of rotatable bonds is 6. The van der Waals surface area contributed by atoms with Crippen LogP contribution in [-0.2, 0) is 14.3 Å². The van der Waals surface area contributed by atoms with E-state index >= 15 is 0 Å². The van der Waals surface area contributed by atoms with Crippen molar-refractivity contribution in [1.29, 1.82) is 0 Å². The minimum atomic E-state index is -0.802. The molecule has 1 aromatic rings. The molecule has 0 unspecified atom stereocenters. The molecule has 2 rings (SSSR count). The van der Waals surface area contributed by atoms with E-state index in [4.69, 9.17) is 9.47 Å². The van der Waals surface area contributed by atoms with E-state index in [0.29, 0.717) is 24.2 Å². The van der Waals surface area contributed by atoms with Crippen molar-refractivity contribution >= 4 is 17.7 Å². The smallest absolute Gasteiger partial charge is 0.329 e. The Morgan fingerprint density at radius 1 is 1.16 bits per heavy atom. The van der Waals surface area contributed by atoms with Crippen LogP contribution in [0.2, 0.25) is 0 Å². The first-order valence-electron chi connectivity index (χ1n) is 8.60. The zero-order chi connectivity index (χ0) is 18.4. The number of carbonyl (C=O) groups is 3. The van der Waals surface area contributed by atoms with E-state index in [1.807, 2.05) is 13.8 Å². The van der Waals surface area contributed by atoms with Crippen LogP contribution in [0, 0.1) is 5.92 Å². The summed E-state index contributed by atoms with van der Waals surface area (Å²) in [6, 6.07) is 5.81. The first-order chi connectivity index (χ1) is 11.9. The summed E-state index contributed by atoms with van der Waals surface area (Å²) in [4.78, 5) is 36.7. The normalized spacial score (nSPS) is 18.6. The fourth-order valence-corrected chi connectivity index (χ4v) is 2.75. The summed E-state index contributed by atoms with van der Waals surface area (Å²) in [7, 11) is 1.55. The van der Waals surface area contributed by atoms with Crippen LogP contribution in [0.25, 0.3) is 0 Å². The number of hydrogen-bond acceptors (Lipinski definition) is 5. The van der Waals surface area contributed by atoms with Gasteiger partial charge in [-0.25, -0.2) is 4.79 Å². The second kappa shape index (κ2) is 8.65. The lowest BCUT2D eigenvalue weighted by molar-refractivity contribution is -0.159. The number of esters is 1. The summed E-state index contributed by atoms with van der Waals surface area (Å²) in [5, 5.41) is 2.71. The molecule has 0 spiro atoms. The van der Waals surface area contributed by atoms with Crippen LogP contribution in [0.4, 0.5) is 0 Å². The van der Waals surface area contributed by atoms with Crippen molar-refractivity contribution in [1.82, 2.24) is 5.32 Å². The SMILES string of the molecule is COc1ccc(C(=O)N[C@H](C(=O)O[C@@H]2CCCCC2=O)C(C)C)cc1. The second-order valence-corrected chi connectivity index (χ2v) is 6.56. The average Bonchev–Trinajstić information content (AvgIpc) is 2.61. The van der Waals surface area contributed by atoms with Crippen molar-refractivity contribution in [3.05, 3.63) is 29.8 Å². The average molecular weight is 347 g/mol. The fraction of sp³-hybridized carbons (Fsp3) is 0.526. The van der Waals surface area contributed by atoms with Crippen LogP contribution in [0.15, 0.2) is 24.3 Å². The van der Waals surface area contributed by atoms with Gasteiger partial charge >= 0.3 is 5.97 Å². The summed E-state index contributed by atoms with van der Waals surface area (Å²) < 4.78 is 10.4. The summed E-state index contributed by atoms with van der Waals surface area (Å²) in [6.45, 7) is 3.64. The van der Waals surface area contributed by atoms with Gasteiger partial charge in [-0.15, -0.1) is 0 Å². The van der Waals surface area contributed by atoms with Gasteiger partial charge in [0.05, 0.1) is 7.11 Å². The topological polar surface area (TPSA) is 81.7 Å². The van der Waals surface area contributed by atoms with Crippen LogP contribution < -0.4 is 10.1 Å². The van der Waals surface area contributed by atoms with Gasteiger partial charge in [-0.2, -0.15) is 0 Å². The molecule has 2 atom stereocenters. The molecule has 0 radical (unpaired) electrons. The molecule has 136 valence electrons. The molecule has 25 heavy (non-hydrogen) atoms. The Kier molecular flexibility index (Phi) is 6.56. The van der Waals surface area contributed by atoms with Crippen LogP contribution >= 0.6 is 0 Å². The van der Waals surface area contributed by atoms with Gasteiger partial charge in [0.1, 0.15) is 11.8 Å². The third kappa shape index (κ3) is 5.05. The van der Waals surface area contributed by atoms with Gasteiger partial charge in [-0.05, 0) is 49.4 Å². The standard InChI is InChI=1S/C19H25NO5/c1-12(2)17(19(23)25-16-7-5-4-6-15(16)21)20-18(22)13-8-10-14(24-3)11-9-13/h8-12,16-17H,4-7H2,1-3H3,(H,20,22)/t16-,17+/m1/s1. The molecule has 1 N–H and O–H groups in total. The van der Waals surface area contributed by atoms with Crippen molar-refractivity contribution in [3.63, 3.8) is 0 Å². The van der Waals surface area contributed by atoms with Gasteiger partial charge in [-0.1, -0.05) is 13.8 Å². The van der Waals surface area contributed by atoms with E-state index in [1.165, 1.54) is 0 Å². The summed E-state index contributed by atoms with van der Waals surface area (Å²) in [5.41, 5.74) is 0.424. The van der Waals surface area contributed by atoms with Crippen LogP contribution in [0.3, 0.4) is 0 Å². The van der Waals surface area contributed by atoms with Crippen molar-refractivity contribution in [2.75, 3.05) is 7.11 Å². The lowest BCUT2D eigenvalue weighted by atomic mass is 9.96. The number of hydrogen-bond donors (Lipinski definition) is 1. The van der Waals surface area contributed by atoms with E-state index in [2.05, 4.69) is 5.32 Å². The Balaban J connectivity index is 2.02. The molecule has 1 aromatic carbocycles. The fourth-order valence-electron chi connectivity index (χ4n) is 2.75. The highest BCUT2D eigenvalue weighted by molar-refractivity contribution is 5.97. The molecule has 1 fully saturated rings. The van der Waals surface area contributed by atoms with Gasteiger partial charge in [0.25, 0.3) is 5.91 Å². The predicted octanol–water partition coefficient (Wildman–Crippen LogP) is 2.50. The molecule has 6 heteroatoms. The number of amides is 1. The number of ether oxygens (including phenoxy) is 2. The summed E-state index contributed by atoms with van der Waals surface area (Å²) in [5.74, 6) is -0.477. The first-order valence-corrected chi connectivity index (χ1v) is 8.60. The molecule has 0 heterocycles. The van der Waals surface area contributed by atoms with Gasteiger partial charge < -0.3 is 14.8 Å². The maximum atomic E-state index is 12.5. The molecule has 0 bridgehead atoms. The number of methoxy groups -OCH3 is 1. The van der Waals surface area contributed by atoms with E-state index in [1.54, 1.807) is 31.4 Å². The maximum Gasteiger partial charge on any atom is 0.329 e. The Bertz CT molecular complexity index is 623. The van der Waals surface area contributed by atoms with Gasteiger partial charge in [0.15, 0.2) is 11.9 Å². The van der Waals surface area contributed by atoms with E-state index in [9.17, 15) is 14.4 Å². The maximum absolute atomic E-state index is 12.5. The number of carbonyl (C=O) groups excluding carboxylic acids is 3. The zero-order valence-corrected chi connectivity index (χ0v) is 14.9.